The number of benzene rings is 2. The third-order valence-electron chi connectivity index (χ3n) is 3.43. The molecule has 2 aromatic carbocycles. The van der Waals surface area contributed by atoms with E-state index in [4.69, 9.17) is 0 Å². The van der Waals surface area contributed by atoms with Crippen molar-refractivity contribution >= 4 is 44.7 Å². The number of amides is 2. The Morgan fingerprint density at radius 2 is 1.64 bits per heavy atom. The van der Waals surface area contributed by atoms with Gasteiger partial charge in [0.1, 0.15) is 0 Å². The molecule has 1 saturated heterocycles. The molecule has 1 heterocycles. The minimum Gasteiger partial charge on any atom is -0.282 e. The van der Waals surface area contributed by atoms with Crippen LogP contribution >= 0.6 is 11.8 Å². The van der Waals surface area contributed by atoms with E-state index in [2.05, 4.69) is 10.0 Å². The van der Waals surface area contributed by atoms with Gasteiger partial charge in [0.15, 0.2) is 0 Å². The summed E-state index contributed by atoms with van der Waals surface area (Å²) in [6.07, 6.45) is 1.54. The van der Waals surface area contributed by atoms with E-state index in [1.165, 1.54) is 18.2 Å². The molecular formula is C17H14N2O4S2. The first-order valence-electron chi connectivity index (χ1n) is 7.28. The van der Waals surface area contributed by atoms with E-state index < -0.39 is 21.2 Å². The number of imide groups is 1. The fraction of sp³-hybridized carbons (Fsp3) is 0.0588. The summed E-state index contributed by atoms with van der Waals surface area (Å²) in [5.41, 5.74) is 2.14. The van der Waals surface area contributed by atoms with E-state index in [1.807, 2.05) is 19.1 Å². The van der Waals surface area contributed by atoms with Crippen LogP contribution in [0.2, 0.25) is 0 Å². The van der Waals surface area contributed by atoms with Crippen molar-refractivity contribution in [2.24, 2.45) is 0 Å². The first-order valence-corrected chi connectivity index (χ1v) is 9.58. The molecule has 2 aromatic rings. The topological polar surface area (TPSA) is 92.3 Å². The average Bonchev–Trinajstić information content (AvgIpc) is 2.87. The number of carbonyl (C=O) groups is 2. The first kappa shape index (κ1) is 17.2. The first-order chi connectivity index (χ1) is 11.8. The van der Waals surface area contributed by atoms with Gasteiger partial charge in [-0.2, -0.15) is 0 Å². The summed E-state index contributed by atoms with van der Waals surface area (Å²) < 4.78 is 27.3. The zero-order valence-electron chi connectivity index (χ0n) is 13.1. The van der Waals surface area contributed by atoms with Gasteiger partial charge in [0, 0.05) is 5.69 Å². The Kier molecular flexibility index (Phi) is 4.65. The van der Waals surface area contributed by atoms with Gasteiger partial charge in [0.2, 0.25) is 0 Å². The molecule has 3 rings (SSSR count). The minimum atomic E-state index is -3.70. The Morgan fingerprint density at radius 1 is 1.00 bits per heavy atom. The zero-order chi connectivity index (χ0) is 18.0. The van der Waals surface area contributed by atoms with E-state index in [-0.39, 0.29) is 9.80 Å². The lowest BCUT2D eigenvalue weighted by Gasteiger charge is -2.08. The van der Waals surface area contributed by atoms with E-state index in [9.17, 15) is 18.0 Å². The molecule has 2 amide bonds. The molecule has 1 aliphatic heterocycles. The number of aryl methyl sites for hydroxylation is 1. The fourth-order valence-corrected chi connectivity index (χ4v) is 3.89. The minimum absolute atomic E-state index is 0.106. The van der Waals surface area contributed by atoms with Crippen molar-refractivity contribution in [3.05, 3.63) is 64.6 Å². The highest BCUT2D eigenvalue weighted by atomic mass is 32.2. The van der Waals surface area contributed by atoms with Gasteiger partial charge in [-0.05, 0) is 54.6 Å². The quantitative estimate of drug-likeness (QED) is 0.802. The van der Waals surface area contributed by atoms with Crippen LogP contribution in [0.1, 0.15) is 11.1 Å². The van der Waals surface area contributed by atoms with Crippen molar-refractivity contribution in [3.8, 4) is 0 Å². The molecule has 6 nitrogen and oxygen atoms in total. The lowest BCUT2D eigenvalue weighted by Crippen LogP contribution is -2.17. The number of hydrogen-bond acceptors (Lipinski definition) is 5. The van der Waals surface area contributed by atoms with Crippen LogP contribution in [0.4, 0.5) is 10.5 Å². The van der Waals surface area contributed by atoms with Gasteiger partial charge in [0.05, 0.1) is 9.80 Å². The predicted molar refractivity (Wildman–Crippen MR) is 97.5 cm³/mol. The lowest BCUT2D eigenvalue weighted by atomic mass is 10.2. The largest absolute Gasteiger partial charge is 0.290 e. The maximum absolute atomic E-state index is 12.4. The second kappa shape index (κ2) is 6.73. The van der Waals surface area contributed by atoms with Gasteiger partial charge in [-0.15, -0.1) is 0 Å². The third-order valence-corrected chi connectivity index (χ3v) is 5.64. The number of anilines is 1. The monoisotopic (exact) mass is 374 g/mol. The number of rotatable bonds is 4. The van der Waals surface area contributed by atoms with E-state index in [0.29, 0.717) is 11.3 Å². The molecule has 2 N–H and O–H groups in total. The molecule has 0 radical (unpaired) electrons. The summed E-state index contributed by atoms with van der Waals surface area (Å²) in [5.74, 6) is -0.451. The van der Waals surface area contributed by atoms with Crippen LogP contribution in [0.3, 0.4) is 0 Å². The molecule has 8 heteroatoms. The molecule has 128 valence electrons. The van der Waals surface area contributed by atoms with Crippen LogP contribution in [0.25, 0.3) is 6.08 Å². The van der Waals surface area contributed by atoms with Crippen LogP contribution in [0.15, 0.2) is 58.3 Å². The second-order valence-corrected chi connectivity index (χ2v) is 8.09. The van der Waals surface area contributed by atoms with Crippen LogP contribution in [-0.2, 0) is 14.8 Å². The summed E-state index contributed by atoms with van der Waals surface area (Å²) in [5, 5.41) is 1.75. The summed E-state index contributed by atoms with van der Waals surface area (Å²) in [7, 11) is -3.70. The smallest absolute Gasteiger partial charge is 0.282 e. The molecule has 0 atom stereocenters. The molecule has 1 aliphatic rings. The summed E-state index contributed by atoms with van der Waals surface area (Å²) in [4.78, 5) is 23.0. The van der Waals surface area contributed by atoms with Gasteiger partial charge < -0.3 is 0 Å². The van der Waals surface area contributed by atoms with Crippen molar-refractivity contribution in [1.29, 1.82) is 0 Å². The number of nitrogens with one attached hydrogen (secondary N) is 2. The molecule has 0 saturated carbocycles. The number of carbonyl (C=O) groups excluding carboxylic acids is 2. The predicted octanol–water partition coefficient (Wildman–Crippen LogP) is 3.12. The standard InChI is InChI=1S/C17H14N2O4S2/c1-11-2-6-13(7-3-11)19-25(22,23)14-8-4-12(5-9-14)10-15-16(20)18-17(21)24-15/h2-10,19H,1H3,(H,18,20,21)/b15-10+. The molecule has 0 unspecified atom stereocenters. The molecule has 0 bridgehead atoms. The Hall–Kier alpha value is -2.58. The Morgan fingerprint density at radius 3 is 2.20 bits per heavy atom. The number of hydrogen-bond donors (Lipinski definition) is 2. The third kappa shape index (κ3) is 4.09. The van der Waals surface area contributed by atoms with Gasteiger partial charge in [-0.25, -0.2) is 8.42 Å². The fourth-order valence-electron chi connectivity index (χ4n) is 2.15. The van der Waals surface area contributed by atoms with E-state index in [0.717, 1.165) is 17.3 Å². The highest BCUT2D eigenvalue weighted by Crippen LogP contribution is 2.26. The molecule has 25 heavy (non-hydrogen) atoms. The maximum atomic E-state index is 12.4. The van der Waals surface area contributed by atoms with E-state index >= 15 is 0 Å². The van der Waals surface area contributed by atoms with Crippen molar-refractivity contribution in [3.63, 3.8) is 0 Å². The average molecular weight is 374 g/mol. The summed E-state index contributed by atoms with van der Waals surface area (Å²) in [6.45, 7) is 1.92. The highest BCUT2D eigenvalue weighted by Gasteiger charge is 2.25. The van der Waals surface area contributed by atoms with Crippen LogP contribution in [0.5, 0.6) is 0 Å². The molecule has 1 fully saturated rings. The van der Waals surface area contributed by atoms with Gasteiger partial charge in [-0.3, -0.25) is 19.6 Å². The van der Waals surface area contributed by atoms with E-state index in [1.54, 1.807) is 24.3 Å². The Bertz CT molecular complexity index is 963. The van der Waals surface area contributed by atoms with Crippen LogP contribution < -0.4 is 10.0 Å². The SMILES string of the molecule is Cc1ccc(NS(=O)(=O)c2ccc(/C=C3/SC(=O)NC3=O)cc2)cc1. The molecule has 0 aromatic heterocycles. The van der Waals surface area contributed by atoms with Crippen molar-refractivity contribution in [2.75, 3.05) is 4.72 Å². The number of sulfonamides is 1. The van der Waals surface area contributed by atoms with Gasteiger partial charge in [0.25, 0.3) is 21.2 Å². The van der Waals surface area contributed by atoms with Crippen molar-refractivity contribution < 1.29 is 18.0 Å². The maximum Gasteiger partial charge on any atom is 0.290 e. The second-order valence-electron chi connectivity index (χ2n) is 5.39. The van der Waals surface area contributed by atoms with Gasteiger partial charge in [-0.1, -0.05) is 29.8 Å². The Balaban J connectivity index is 1.79. The lowest BCUT2D eigenvalue weighted by molar-refractivity contribution is -0.115. The molecule has 0 aliphatic carbocycles. The van der Waals surface area contributed by atoms with Crippen molar-refractivity contribution in [2.45, 2.75) is 11.8 Å². The normalized spacial score (nSPS) is 16.1. The van der Waals surface area contributed by atoms with Gasteiger partial charge >= 0.3 is 0 Å². The molecular weight excluding hydrogens is 360 g/mol. The zero-order valence-corrected chi connectivity index (χ0v) is 14.8. The highest BCUT2D eigenvalue weighted by molar-refractivity contribution is 8.18. The number of thioether (sulfide) groups is 1. The summed E-state index contributed by atoms with van der Waals surface area (Å²) in [6, 6.07) is 13.1. The Labute approximate surface area is 149 Å². The summed E-state index contributed by atoms with van der Waals surface area (Å²) >= 11 is 0.812. The van der Waals surface area contributed by atoms with Crippen LogP contribution in [0, 0.1) is 6.92 Å². The van der Waals surface area contributed by atoms with Crippen LogP contribution in [-0.4, -0.2) is 19.6 Å². The molecule has 0 spiro atoms. The van der Waals surface area contributed by atoms with Crippen molar-refractivity contribution in [1.82, 2.24) is 5.32 Å².